The molecule has 18 heavy (non-hydrogen) atoms. The zero-order chi connectivity index (χ0) is 13.0. The van der Waals surface area contributed by atoms with Crippen molar-refractivity contribution in [3.8, 4) is 5.75 Å². The van der Waals surface area contributed by atoms with E-state index in [2.05, 4.69) is 17.1 Å². The molecule has 0 aromatic heterocycles. The molecule has 0 bridgehead atoms. The Balaban J connectivity index is 1.86. The SMILES string of the molecule is CCN1CCCC1CNC(=O)c1ccc(O)cc1. The maximum atomic E-state index is 11.9. The van der Waals surface area contributed by atoms with Gasteiger partial charge in [0.1, 0.15) is 5.75 Å². The van der Waals surface area contributed by atoms with Crippen LogP contribution < -0.4 is 5.32 Å². The predicted octanol–water partition coefficient (Wildman–Crippen LogP) is 1.61. The van der Waals surface area contributed by atoms with Gasteiger partial charge in [0.05, 0.1) is 0 Å². The second kappa shape index (κ2) is 5.87. The lowest BCUT2D eigenvalue weighted by atomic mass is 10.2. The van der Waals surface area contributed by atoms with Crippen LogP contribution in [0.3, 0.4) is 0 Å². The van der Waals surface area contributed by atoms with E-state index in [1.54, 1.807) is 12.1 Å². The zero-order valence-corrected chi connectivity index (χ0v) is 10.7. The van der Waals surface area contributed by atoms with Crippen LogP contribution in [-0.4, -0.2) is 41.6 Å². The van der Waals surface area contributed by atoms with Crippen molar-refractivity contribution in [2.75, 3.05) is 19.6 Å². The van der Waals surface area contributed by atoms with Gasteiger partial charge in [0, 0.05) is 18.2 Å². The third-order valence-corrected chi connectivity index (χ3v) is 3.53. The average Bonchev–Trinajstić information content (AvgIpc) is 2.84. The summed E-state index contributed by atoms with van der Waals surface area (Å²) >= 11 is 0. The van der Waals surface area contributed by atoms with Gasteiger partial charge in [-0.2, -0.15) is 0 Å². The van der Waals surface area contributed by atoms with Crippen LogP contribution in [0.5, 0.6) is 5.75 Å². The molecule has 4 nitrogen and oxygen atoms in total. The Kier molecular flexibility index (Phi) is 4.20. The van der Waals surface area contributed by atoms with Gasteiger partial charge in [-0.1, -0.05) is 6.92 Å². The topological polar surface area (TPSA) is 52.6 Å². The summed E-state index contributed by atoms with van der Waals surface area (Å²) in [6.07, 6.45) is 2.37. The average molecular weight is 248 g/mol. The van der Waals surface area contributed by atoms with Crippen LogP contribution in [0, 0.1) is 0 Å². The number of likely N-dealkylation sites (tertiary alicyclic amines) is 1. The van der Waals surface area contributed by atoms with Gasteiger partial charge in [0.15, 0.2) is 0 Å². The first-order valence-electron chi connectivity index (χ1n) is 6.52. The molecule has 2 N–H and O–H groups in total. The molecular weight excluding hydrogens is 228 g/mol. The Morgan fingerprint density at radius 3 is 2.83 bits per heavy atom. The van der Waals surface area contributed by atoms with Gasteiger partial charge in [-0.15, -0.1) is 0 Å². The molecule has 1 fully saturated rings. The fraction of sp³-hybridized carbons (Fsp3) is 0.500. The lowest BCUT2D eigenvalue weighted by Crippen LogP contribution is -2.40. The van der Waals surface area contributed by atoms with Crippen molar-refractivity contribution in [3.63, 3.8) is 0 Å². The number of hydrogen-bond acceptors (Lipinski definition) is 3. The highest BCUT2D eigenvalue weighted by molar-refractivity contribution is 5.94. The van der Waals surface area contributed by atoms with Crippen molar-refractivity contribution in [3.05, 3.63) is 29.8 Å². The first-order valence-corrected chi connectivity index (χ1v) is 6.52. The monoisotopic (exact) mass is 248 g/mol. The minimum absolute atomic E-state index is 0.0713. The molecule has 1 aromatic carbocycles. The summed E-state index contributed by atoms with van der Waals surface area (Å²) in [5.74, 6) is 0.109. The summed E-state index contributed by atoms with van der Waals surface area (Å²) in [5, 5.41) is 12.1. The van der Waals surface area contributed by atoms with E-state index in [0.717, 1.165) is 19.5 Å². The van der Waals surface area contributed by atoms with Crippen molar-refractivity contribution >= 4 is 5.91 Å². The summed E-state index contributed by atoms with van der Waals surface area (Å²) in [5.41, 5.74) is 0.592. The molecule has 1 aliphatic heterocycles. The molecule has 1 heterocycles. The first-order chi connectivity index (χ1) is 8.70. The molecule has 0 spiro atoms. The molecule has 0 saturated carbocycles. The van der Waals surface area contributed by atoms with Gasteiger partial charge in [0.2, 0.25) is 0 Å². The molecule has 0 radical (unpaired) electrons. The molecule has 98 valence electrons. The van der Waals surface area contributed by atoms with E-state index >= 15 is 0 Å². The number of carbonyl (C=O) groups is 1. The molecule has 1 amide bonds. The molecule has 0 aliphatic carbocycles. The van der Waals surface area contributed by atoms with E-state index in [1.165, 1.54) is 18.6 Å². The molecule has 1 saturated heterocycles. The van der Waals surface area contributed by atoms with Crippen molar-refractivity contribution in [1.82, 2.24) is 10.2 Å². The van der Waals surface area contributed by atoms with E-state index in [1.807, 2.05) is 0 Å². The van der Waals surface area contributed by atoms with Crippen LogP contribution in [0.2, 0.25) is 0 Å². The van der Waals surface area contributed by atoms with E-state index in [9.17, 15) is 4.79 Å². The summed E-state index contributed by atoms with van der Waals surface area (Å²) < 4.78 is 0. The second-order valence-electron chi connectivity index (χ2n) is 4.68. The molecule has 2 rings (SSSR count). The Labute approximate surface area is 108 Å². The number of carbonyl (C=O) groups excluding carboxylic acids is 1. The number of phenols is 1. The highest BCUT2D eigenvalue weighted by atomic mass is 16.3. The molecule has 1 aliphatic rings. The molecule has 1 unspecified atom stereocenters. The van der Waals surface area contributed by atoms with Gasteiger partial charge in [-0.3, -0.25) is 9.69 Å². The van der Waals surface area contributed by atoms with Gasteiger partial charge >= 0.3 is 0 Å². The molecule has 1 aromatic rings. The molecule has 4 heteroatoms. The number of nitrogens with zero attached hydrogens (tertiary/aromatic N) is 1. The smallest absolute Gasteiger partial charge is 0.251 e. The van der Waals surface area contributed by atoms with Crippen LogP contribution in [-0.2, 0) is 0 Å². The number of aromatic hydroxyl groups is 1. The summed E-state index contributed by atoms with van der Waals surface area (Å²) in [4.78, 5) is 14.3. The van der Waals surface area contributed by atoms with Crippen LogP contribution in [0.25, 0.3) is 0 Å². The molecule has 1 atom stereocenters. The normalized spacial score (nSPS) is 19.9. The number of phenolic OH excluding ortho intramolecular Hbond substituents is 1. The Morgan fingerprint density at radius 2 is 2.17 bits per heavy atom. The highest BCUT2D eigenvalue weighted by Gasteiger charge is 2.23. The van der Waals surface area contributed by atoms with Crippen LogP contribution in [0.4, 0.5) is 0 Å². The Hall–Kier alpha value is -1.55. The van der Waals surface area contributed by atoms with Gasteiger partial charge in [-0.25, -0.2) is 0 Å². The number of likely N-dealkylation sites (N-methyl/N-ethyl adjacent to an activating group) is 1. The van der Waals surface area contributed by atoms with Gasteiger partial charge < -0.3 is 10.4 Å². The van der Waals surface area contributed by atoms with E-state index in [4.69, 9.17) is 5.11 Å². The van der Waals surface area contributed by atoms with Crippen LogP contribution in [0.15, 0.2) is 24.3 Å². The minimum atomic E-state index is -0.0713. The van der Waals surface area contributed by atoms with Crippen molar-refractivity contribution in [1.29, 1.82) is 0 Å². The van der Waals surface area contributed by atoms with E-state index in [0.29, 0.717) is 18.2 Å². The number of amides is 1. The van der Waals surface area contributed by atoms with Crippen LogP contribution in [0.1, 0.15) is 30.1 Å². The Morgan fingerprint density at radius 1 is 1.44 bits per heavy atom. The predicted molar refractivity (Wildman–Crippen MR) is 70.7 cm³/mol. The van der Waals surface area contributed by atoms with Gasteiger partial charge in [0.25, 0.3) is 5.91 Å². The van der Waals surface area contributed by atoms with Gasteiger partial charge in [-0.05, 0) is 50.2 Å². The summed E-state index contributed by atoms with van der Waals surface area (Å²) in [7, 11) is 0. The number of rotatable bonds is 4. The lowest BCUT2D eigenvalue weighted by Gasteiger charge is -2.22. The van der Waals surface area contributed by atoms with E-state index in [-0.39, 0.29) is 11.7 Å². The largest absolute Gasteiger partial charge is 0.508 e. The Bertz CT molecular complexity index is 403. The van der Waals surface area contributed by atoms with Crippen molar-refractivity contribution in [2.45, 2.75) is 25.8 Å². The molecular formula is C14H20N2O2. The summed E-state index contributed by atoms with van der Waals surface area (Å²) in [6, 6.07) is 6.80. The van der Waals surface area contributed by atoms with Crippen molar-refractivity contribution in [2.24, 2.45) is 0 Å². The first kappa shape index (κ1) is 12.9. The standard InChI is InChI=1S/C14H20N2O2/c1-2-16-9-3-4-12(16)10-15-14(18)11-5-7-13(17)8-6-11/h5-8,12,17H,2-4,9-10H2,1H3,(H,15,18). The summed E-state index contributed by atoms with van der Waals surface area (Å²) in [6.45, 7) is 5.03. The van der Waals surface area contributed by atoms with Crippen LogP contribution >= 0.6 is 0 Å². The fourth-order valence-corrected chi connectivity index (χ4v) is 2.47. The van der Waals surface area contributed by atoms with Crippen molar-refractivity contribution < 1.29 is 9.90 Å². The lowest BCUT2D eigenvalue weighted by molar-refractivity contribution is 0.0941. The quantitative estimate of drug-likeness (QED) is 0.851. The maximum Gasteiger partial charge on any atom is 0.251 e. The number of benzene rings is 1. The zero-order valence-electron chi connectivity index (χ0n) is 10.7. The maximum absolute atomic E-state index is 11.9. The number of nitrogens with one attached hydrogen (secondary N) is 1. The second-order valence-corrected chi connectivity index (χ2v) is 4.68. The highest BCUT2D eigenvalue weighted by Crippen LogP contribution is 2.16. The minimum Gasteiger partial charge on any atom is -0.508 e. The fourth-order valence-electron chi connectivity index (χ4n) is 2.47. The third kappa shape index (κ3) is 3.01. The third-order valence-electron chi connectivity index (χ3n) is 3.53. The van der Waals surface area contributed by atoms with E-state index < -0.39 is 0 Å². The number of hydrogen-bond donors (Lipinski definition) is 2.